The molecule has 10 heteroatoms. The Kier molecular flexibility index (Phi) is 6.14. The summed E-state index contributed by atoms with van der Waals surface area (Å²) in [7, 11) is 0. The molecule has 0 fully saturated rings. The van der Waals surface area contributed by atoms with Crippen molar-refractivity contribution in [3.63, 3.8) is 0 Å². The molecule has 174 valence electrons. The van der Waals surface area contributed by atoms with Crippen molar-refractivity contribution in [2.45, 2.75) is 26.1 Å². The van der Waals surface area contributed by atoms with Gasteiger partial charge in [-0.25, -0.2) is 9.37 Å². The zero-order chi connectivity index (χ0) is 24.5. The van der Waals surface area contributed by atoms with Gasteiger partial charge in [0.2, 0.25) is 0 Å². The summed E-state index contributed by atoms with van der Waals surface area (Å²) in [6.45, 7) is 1.04. The number of amides is 1. The molecular formula is C24H19F4N5O. The second-order valence-corrected chi connectivity index (χ2v) is 7.73. The van der Waals surface area contributed by atoms with Crippen LogP contribution in [0.5, 0.6) is 0 Å². The lowest BCUT2D eigenvalue weighted by molar-refractivity contribution is -0.138. The quantitative estimate of drug-likeness (QED) is 0.417. The lowest BCUT2D eigenvalue weighted by atomic mass is 10.0. The molecule has 1 amide bonds. The van der Waals surface area contributed by atoms with Crippen LogP contribution in [0.15, 0.2) is 54.9 Å². The number of hydrogen-bond donors (Lipinski definition) is 2. The van der Waals surface area contributed by atoms with Gasteiger partial charge in [-0.2, -0.15) is 13.2 Å². The van der Waals surface area contributed by atoms with E-state index in [1.807, 2.05) is 6.07 Å². The summed E-state index contributed by atoms with van der Waals surface area (Å²) in [4.78, 5) is 24.8. The molecule has 0 atom stereocenters. The number of nitrogens with zero attached hydrogens (tertiary/aromatic N) is 3. The minimum Gasteiger partial charge on any atom is -0.384 e. The summed E-state index contributed by atoms with van der Waals surface area (Å²) in [5, 5.41) is 3.15. The number of alkyl halides is 3. The first-order chi connectivity index (χ1) is 16.1. The number of aromatic nitrogens is 3. The van der Waals surface area contributed by atoms with Crippen molar-refractivity contribution in [3.8, 4) is 0 Å². The lowest BCUT2D eigenvalue weighted by Gasteiger charge is -2.16. The van der Waals surface area contributed by atoms with Crippen molar-refractivity contribution in [1.82, 2.24) is 20.3 Å². The Labute approximate surface area is 191 Å². The van der Waals surface area contributed by atoms with Crippen LogP contribution in [0.25, 0.3) is 10.9 Å². The standard InChI is InChI=1S/C24H19F4N5O/c1-13-19(20(24(26,27)28)10-22(29)33-13)12-32-23(34)15-4-5-30-18(9-15)7-14-2-3-21-16(6-14)8-17(25)11-31-21/h2-6,8-11H,7,12H2,1H3,(H2,29,33)(H,32,34). The Bertz CT molecular complexity index is 1390. The van der Waals surface area contributed by atoms with Crippen LogP contribution in [0.4, 0.5) is 23.4 Å². The molecule has 3 aromatic heterocycles. The second kappa shape index (κ2) is 9.05. The molecule has 0 aliphatic carbocycles. The summed E-state index contributed by atoms with van der Waals surface area (Å²) in [6.07, 6.45) is -1.67. The van der Waals surface area contributed by atoms with Gasteiger partial charge in [-0.1, -0.05) is 6.07 Å². The highest BCUT2D eigenvalue weighted by Crippen LogP contribution is 2.34. The van der Waals surface area contributed by atoms with Crippen LogP contribution in [0, 0.1) is 12.7 Å². The minimum absolute atomic E-state index is 0.0882. The van der Waals surface area contributed by atoms with Crippen molar-refractivity contribution >= 4 is 22.6 Å². The first kappa shape index (κ1) is 23.1. The largest absolute Gasteiger partial charge is 0.416 e. The maximum Gasteiger partial charge on any atom is 0.416 e. The molecule has 0 aliphatic rings. The van der Waals surface area contributed by atoms with E-state index in [1.54, 1.807) is 18.2 Å². The highest BCUT2D eigenvalue weighted by Gasteiger charge is 2.34. The molecule has 4 rings (SSSR count). The average Bonchev–Trinajstić information content (AvgIpc) is 2.77. The van der Waals surface area contributed by atoms with Gasteiger partial charge < -0.3 is 11.1 Å². The lowest BCUT2D eigenvalue weighted by Crippen LogP contribution is -2.26. The van der Waals surface area contributed by atoms with Crippen molar-refractivity contribution in [2.75, 3.05) is 5.73 Å². The summed E-state index contributed by atoms with van der Waals surface area (Å²) in [5.41, 5.74) is 6.76. The molecule has 3 heterocycles. The number of benzene rings is 1. The molecule has 0 radical (unpaired) electrons. The van der Waals surface area contributed by atoms with Gasteiger partial charge in [-0.05, 0) is 48.9 Å². The minimum atomic E-state index is -4.63. The predicted octanol–water partition coefficient (Wildman–Crippen LogP) is 4.59. The highest BCUT2D eigenvalue weighted by atomic mass is 19.4. The summed E-state index contributed by atoms with van der Waals surface area (Å²) < 4.78 is 53.7. The van der Waals surface area contributed by atoms with E-state index in [0.717, 1.165) is 17.8 Å². The Balaban J connectivity index is 1.51. The van der Waals surface area contributed by atoms with Crippen LogP contribution in [0.3, 0.4) is 0 Å². The maximum atomic E-state index is 13.5. The van der Waals surface area contributed by atoms with Crippen molar-refractivity contribution < 1.29 is 22.4 Å². The normalized spacial score (nSPS) is 11.6. The third-order valence-corrected chi connectivity index (χ3v) is 5.26. The van der Waals surface area contributed by atoms with E-state index in [9.17, 15) is 22.4 Å². The number of pyridine rings is 3. The van der Waals surface area contributed by atoms with Crippen LogP contribution in [-0.4, -0.2) is 20.9 Å². The monoisotopic (exact) mass is 469 g/mol. The molecule has 0 saturated heterocycles. The predicted molar refractivity (Wildman–Crippen MR) is 118 cm³/mol. The van der Waals surface area contributed by atoms with Crippen LogP contribution in [0.2, 0.25) is 0 Å². The van der Waals surface area contributed by atoms with E-state index in [4.69, 9.17) is 5.73 Å². The molecule has 4 aromatic rings. The van der Waals surface area contributed by atoms with E-state index < -0.39 is 23.5 Å². The topological polar surface area (TPSA) is 93.8 Å². The van der Waals surface area contributed by atoms with Crippen LogP contribution >= 0.6 is 0 Å². The Hall–Kier alpha value is -4.08. The van der Waals surface area contributed by atoms with Crippen molar-refractivity contribution in [3.05, 3.63) is 94.3 Å². The molecule has 6 nitrogen and oxygen atoms in total. The number of anilines is 1. The fraction of sp³-hybridized carbons (Fsp3) is 0.167. The molecule has 0 unspecified atom stereocenters. The molecular weight excluding hydrogens is 450 g/mol. The fourth-order valence-corrected chi connectivity index (χ4v) is 3.66. The van der Waals surface area contributed by atoms with Crippen LogP contribution in [0.1, 0.15) is 38.4 Å². The van der Waals surface area contributed by atoms with Gasteiger partial charge in [0.15, 0.2) is 0 Å². The zero-order valence-corrected chi connectivity index (χ0v) is 17.9. The van der Waals surface area contributed by atoms with Crippen molar-refractivity contribution in [1.29, 1.82) is 0 Å². The third-order valence-electron chi connectivity index (χ3n) is 5.26. The van der Waals surface area contributed by atoms with E-state index >= 15 is 0 Å². The van der Waals surface area contributed by atoms with E-state index in [0.29, 0.717) is 23.0 Å². The molecule has 34 heavy (non-hydrogen) atoms. The number of carbonyl (C=O) groups excluding carboxylic acids is 1. The maximum absolute atomic E-state index is 13.5. The number of rotatable bonds is 5. The second-order valence-electron chi connectivity index (χ2n) is 7.73. The van der Waals surface area contributed by atoms with Gasteiger partial charge in [0, 0.05) is 47.1 Å². The fourth-order valence-electron chi connectivity index (χ4n) is 3.66. The SMILES string of the molecule is Cc1nc(N)cc(C(F)(F)F)c1CNC(=O)c1ccnc(Cc2ccc3ncc(F)cc3c2)c1. The van der Waals surface area contributed by atoms with Crippen LogP contribution < -0.4 is 11.1 Å². The number of halogens is 4. The van der Waals surface area contributed by atoms with Crippen LogP contribution in [-0.2, 0) is 19.1 Å². The molecule has 0 bridgehead atoms. The first-order valence-electron chi connectivity index (χ1n) is 10.2. The number of aryl methyl sites for hydroxylation is 1. The Morgan fingerprint density at radius 3 is 2.65 bits per heavy atom. The Morgan fingerprint density at radius 2 is 1.88 bits per heavy atom. The van der Waals surface area contributed by atoms with Gasteiger partial charge in [0.1, 0.15) is 11.6 Å². The number of nitrogens with one attached hydrogen (secondary N) is 1. The number of carbonyl (C=O) groups is 1. The van der Waals surface area contributed by atoms with E-state index in [1.165, 1.54) is 25.3 Å². The molecule has 3 N–H and O–H groups in total. The molecule has 0 spiro atoms. The molecule has 0 saturated carbocycles. The number of nitrogen functional groups attached to an aromatic ring is 1. The zero-order valence-electron chi connectivity index (χ0n) is 17.9. The van der Waals surface area contributed by atoms with Gasteiger partial charge >= 0.3 is 6.18 Å². The third kappa shape index (κ3) is 5.11. The highest BCUT2D eigenvalue weighted by molar-refractivity contribution is 5.94. The smallest absolute Gasteiger partial charge is 0.384 e. The van der Waals surface area contributed by atoms with Gasteiger partial charge in [0.05, 0.1) is 17.3 Å². The summed E-state index contributed by atoms with van der Waals surface area (Å²) in [5.74, 6) is -1.25. The van der Waals surface area contributed by atoms with Gasteiger partial charge in [-0.3, -0.25) is 14.8 Å². The number of nitrogens with two attached hydrogens (primary N) is 1. The number of fused-ring (bicyclic) bond motifs is 1. The van der Waals surface area contributed by atoms with Gasteiger partial charge in [0.25, 0.3) is 5.91 Å². The van der Waals surface area contributed by atoms with Gasteiger partial charge in [-0.15, -0.1) is 0 Å². The summed E-state index contributed by atoms with van der Waals surface area (Å²) in [6, 6.07) is 10.5. The molecule has 1 aromatic carbocycles. The average molecular weight is 469 g/mol. The Morgan fingerprint density at radius 1 is 1.09 bits per heavy atom. The molecule has 0 aliphatic heterocycles. The van der Waals surface area contributed by atoms with E-state index in [-0.39, 0.29) is 29.2 Å². The first-order valence-corrected chi connectivity index (χ1v) is 10.2. The summed E-state index contributed by atoms with van der Waals surface area (Å²) >= 11 is 0. The number of hydrogen-bond acceptors (Lipinski definition) is 5. The van der Waals surface area contributed by atoms with E-state index in [2.05, 4.69) is 20.3 Å². The van der Waals surface area contributed by atoms with Crippen molar-refractivity contribution in [2.24, 2.45) is 0 Å².